The molecule has 3 aromatic heterocycles. The van der Waals surface area contributed by atoms with E-state index in [0.29, 0.717) is 28.7 Å². The number of hydrogen-bond donors (Lipinski definition) is 2. The van der Waals surface area contributed by atoms with Crippen molar-refractivity contribution >= 4 is 23.3 Å². The lowest BCUT2D eigenvalue weighted by atomic mass is 10.0. The molecular formula is C25H20N4O3S. The number of rotatable bonds is 6. The van der Waals surface area contributed by atoms with E-state index in [1.807, 2.05) is 36.4 Å². The summed E-state index contributed by atoms with van der Waals surface area (Å²) in [6, 6.07) is 19.6. The highest BCUT2D eigenvalue weighted by atomic mass is 32.1. The zero-order chi connectivity index (χ0) is 22.8. The Morgan fingerprint density at radius 2 is 1.82 bits per heavy atom. The Morgan fingerprint density at radius 3 is 2.58 bits per heavy atom. The smallest absolute Gasteiger partial charge is 0.336 e. The lowest BCUT2D eigenvalue weighted by molar-refractivity contribution is 0.0697. The van der Waals surface area contributed by atoms with Gasteiger partial charge in [0.15, 0.2) is 5.11 Å². The summed E-state index contributed by atoms with van der Waals surface area (Å²) >= 11 is 5.70. The highest BCUT2D eigenvalue weighted by molar-refractivity contribution is 7.80. The van der Waals surface area contributed by atoms with E-state index in [-0.39, 0.29) is 17.6 Å². The topological polar surface area (TPSA) is 91.5 Å². The van der Waals surface area contributed by atoms with Gasteiger partial charge in [0.2, 0.25) is 0 Å². The predicted octanol–water partition coefficient (Wildman–Crippen LogP) is 4.61. The average molecular weight is 457 g/mol. The fourth-order valence-corrected chi connectivity index (χ4v) is 4.42. The van der Waals surface area contributed by atoms with E-state index in [2.05, 4.69) is 20.2 Å². The Balaban J connectivity index is 1.56. The molecule has 0 spiro atoms. The summed E-state index contributed by atoms with van der Waals surface area (Å²) < 4.78 is 6.27. The third kappa shape index (κ3) is 4.08. The molecule has 2 atom stereocenters. The zero-order valence-electron chi connectivity index (χ0n) is 17.5. The number of carbonyl (C=O) groups is 1. The van der Waals surface area contributed by atoms with Gasteiger partial charge in [-0.3, -0.25) is 9.97 Å². The first kappa shape index (κ1) is 20.8. The van der Waals surface area contributed by atoms with E-state index in [9.17, 15) is 9.90 Å². The summed E-state index contributed by atoms with van der Waals surface area (Å²) in [6.07, 6.45) is 5.25. The van der Waals surface area contributed by atoms with Gasteiger partial charge in [0, 0.05) is 30.7 Å². The first-order chi connectivity index (χ1) is 16.1. The number of nitrogens with zero attached hydrogens (tertiary/aromatic N) is 3. The molecular weight excluding hydrogens is 436 g/mol. The molecule has 4 aromatic rings. The van der Waals surface area contributed by atoms with E-state index in [1.165, 1.54) is 0 Å². The third-order valence-corrected chi connectivity index (χ3v) is 5.99. The van der Waals surface area contributed by atoms with Crippen molar-refractivity contribution in [1.82, 2.24) is 20.2 Å². The largest absolute Gasteiger partial charge is 0.478 e. The van der Waals surface area contributed by atoms with Crippen molar-refractivity contribution in [3.8, 4) is 11.3 Å². The van der Waals surface area contributed by atoms with Crippen LogP contribution in [0.3, 0.4) is 0 Å². The van der Waals surface area contributed by atoms with Crippen LogP contribution in [0.5, 0.6) is 0 Å². The molecule has 0 unspecified atom stereocenters. The molecule has 1 aliphatic heterocycles. The van der Waals surface area contributed by atoms with Gasteiger partial charge in [-0.1, -0.05) is 24.3 Å². The Kier molecular flexibility index (Phi) is 5.58. The molecule has 8 heteroatoms. The molecule has 7 nitrogen and oxygen atoms in total. The van der Waals surface area contributed by atoms with Crippen molar-refractivity contribution in [1.29, 1.82) is 0 Å². The SMILES string of the molecule is O=C(O)c1ccccc1-c1ccc([C@H]2[C@H](c3ccccn3)NC(=S)N2Cc2ccncc2)o1. The molecule has 2 N–H and O–H groups in total. The first-order valence-electron chi connectivity index (χ1n) is 10.4. The van der Waals surface area contributed by atoms with Crippen LogP contribution in [0.4, 0.5) is 0 Å². The van der Waals surface area contributed by atoms with Crippen LogP contribution in [0.1, 0.15) is 39.5 Å². The van der Waals surface area contributed by atoms with Gasteiger partial charge in [-0.15, -0.1) is 0 Å². The maximum Gasteiger partial charge on any atom is 0.336 e. The first-order valence-corrected chi connectivity index (χ1v) is 10.8. The lowest BCUT2D eigenvalue weighted by Gasteiger charge is -2.26. The molecule has 1 aromatic carbocycles. The van der Waals surface area contributed by atoms with Crippen LogP contribution >= 0.6 is 12.2 Å². The number of aromatic carboxylic acids is 1. The number of carboxylic acids is 1. The number of hydrogen-bond acceptors (Lipinski definition) is 5. The minimum absolute atomic E-state index is 0.188. The fourth-order valence-electron chi connectivity index (χ4n) is 4.11. The third-order valence-electron chi connectivity index (χ3n) is 5.64. The van der Waals surface area contributed by atoms with Crippen LogP contribution in [0.2, 0.25) is 0 Å². The van der Waals surface area contributed by atoms with Crippen molar-refractivity contribution < 1.29 is 14.3 Å². The maximum absolute atomic E-state index is 11.7. The van der Waals surface area contributed by atoms with E-state index in [4.69, 9.17) is 16.6 Å². The quantitative estimate of drug-likeness (QED) is 0.407. The van der Waals surface area contributed by atoms with Crippen LogP contribution in [0.25, 0.3) is 11.3 Å². The number of pyridine rings is 2. The Hall–Kier alpha value is -4.04. The summed E-state index contributed by atoms with van der Waals surface area (Å²) in [5, 5.41) is 13.6. The minimum Gasteiger partial charge on any atom is -0.478 e. The summed E-state index contributed by atoms with van der Waals surface area (Å²) in [4.78, 5) is 22.4. The fraction of sp³-hybridized carbons (Fsp3) is 0.120. The number of aromatic nitrogens is 2. The van der Waals surface area contributed by atoms with Crippen LogP contribution in [-0.2, 0) is 6.54 Å². The number of nitrogens with one attached hydrogen (secondary N) is 1. The second kappa shape index (κ2) is 8.84. The Morgan fingerprint density at radius 1 is 1.03 bits per heavy atom. The van der Waals surface area contributed by atoms with Gasteiger partial charge in [0.05, 0.1) is 17.3 Å². The van der Waals surface area contributed by atoms with Crippen molar-refractivity contribution in [3.63, 3.8) is 0 Å². The van der Waals surface area contributed by atoms with Gasteiger partial charge in [0.25, 0.3) is 0 Å². The van der Waals surface area contributed by atoms with Crippen LogP contribution in [0, 0.1) is 0 Å². The molecule has 0 saturated carbocycles. The highest BCUT2D eigenvalue weighted by Gasteiger charge is 2.41. The lowest BCUT2D eigenvalue weighted by Crippen LogP contribution is -2.29. The van der Waals surface area contributed by atoms with Crippen molar-refractivity contribution in [3.05, 3.63) is 108 Å². The van der Waals surface area contributed by atoms with Crippen molar-refractivity contribution in [2.75, 3.05) is 0 Å². The number of thiocarbonyl (C=S) groups is 1. The van der Waals surface area contributed by atoms with Gasteiger partial charge < -0.3 is 19.7 Å². The second-order valence-corrected chi connectivity index (χ2v) is 8.05. The molecule has 0 amide bonds. The molecule has 1 saturated heterocycles. The van der Waals surface area contributed by atoms with Crippen LogP contribution in [-0.4, -0.2) is 31.1 Å². The van der Waals surface area contributed by atoms with E-state index in [1.54, 1.807) is 48.9 Å². The summed E-state index contributed by atoms with van der Waals surface area (Å²) in [6.45, 7) is 0.560. The molecule has 1 aliphatic rings. The molecule has 4 heterocycles. The average Bonchev–Trinajstić information content (AvgIpc) is 3.45. The standard InChI is InChI=1S/C25H20N4O3S/c30-24(31)18-6-2-1-5-17(18)20-8-9-21(32-20)23-22(19-7-3-4-12-27-19)28-25(33)29(23)15-16-10-13-26-14-11-16/h1-14,22-23H,15H2,(H,28,33)(H,30,31)/t22-,23-/m0/s1. The summed E-state index contributed by atoms with van der Waals surface area (Å²) in [7, 11) is 0. The van der Waals surface area contributed by atoms with E-state index >= 15 is 0 Å². The van der Waals surface area contributed by atoms with Crippen molar-refractivity contribution in [2.24, 2.45) is 0 Å². The van der Waals surface area contributed by atoms with E-state index < -0.39 is 5.97 Å². The van der Waals surface area contributed by atoms with Crippen molar-refractivity contribution in [2.45, 2.75) is 18.6 Å². The number of carboxylic acid groups (broad SMARTS) is 1. The molecule has 5 rings (SSSR count). The monoisotopic (exact) mass is 456 g/mol. The van der Waals surface area contributed by atoms with Crippen LogP contribution < -0.4 is 5.32 Å². The van der Waals surface area contributed by atoms with E-state index in [0.717, 1.165) is 11.3 Å². The normalized spacial score (nSPS) is 17.7. The second-order valence-electron chi connectivity index (χ2n) is 7.66. The molecule has 0 radical (unpaired) electrons. The molecule has 0 bridgehead atoms. The highest BCUT2D eigenvalue weighted by Crippen LogP contribution is 2.41. The van der Waals surface area contributed by atoms with Gasteiger partial charge in [-0.2, -0.15) is 0 Å². The number of furan rings is 1. The van der Waals surface area contributed by atoms with Gasteiger partial charge in [-0.05, 0) is 60.2 Å². The molecule has 0 aliphatic carbocycles. The molecule has 33 heavy (non-hydrogen) atoms. The zero-order valence-corrected chi connectivity index (χ0v) is 18.3. The molecule has 164 valence electrons. The number of benzene rings is 1. The Bertz CT molecular complexity index is 1290. The van der Waals surface area contributed by atoms with Gasteiger partial charge in [0.1, 0.15) is 17.6 Å². The molecule has 1 fully saturated rings. The summed E-state index contributed by atoms with van der Waals surface area (Å²) in [5.74, 6) is 0.157. The Labute approximate surface area is 195 Å². The van der Waals surface area contributed by atoms with Gasteiger partial charge in [-0.25, -0.2) is 4.79 Å². The van der Waals surface area contributed by atoms with Gasteiger partial charge >= 0.3 is 5.97 Å². The summed E-state index contributed by atoms with van der Waals surface area (Å²) in [5.41, 5.74) is 2.61. The maximum atomic E-state index is 11.7. The minimum atomic E-state index is -1.00. The predicted molar refractivity (Wildman–Crippen MR) is 126 cm³/mol. The van der Waals surface area contributed by atoms with Crippen LogP contribution in [0.15, 0.2) is 89.7 Å².